The summed E-state index contributed by atoms with van der Waals surface area (Å²) in [7, 11) is 0. The summed E-state index contributed by atoms with van der Waals surface area (Å²) in [5.74, 6) is 0. The highest BCUT2D eigenvalue weighted by Crippen LogP contribution is 2.33. The molecule has 1 atom stereocenters. The Bertz CT molecular complexity index is 588. The number of aromatic nitrogens is 1. The van der Waals surface area contributed by atoms with Crippen molar-refractivity contribution < 1.29 is 14.5 Å². The minimum atomic E-state index is -0.531. The summed E-state index contributed by atoms with van der Waals surface area (Å²) in [6.45, 7) is 6.65. The van der Waals surface area contributed by atoms with Crippen LogP contribution in [0.1, 0.15) is 33.6 Å². The molecule has 0 unspecified atom stereocenters. The normalized spacial score (nSPS) is 18.6. The van der Waals surface area contributed by atoms with Crippen LogP contribution in [0.25, 0.3) is 0 Å². The molecule has 0 bridgehead atoms. The Kier molecular flexibility index (Phi) is 5.46. The van der Waals surface area contributed by atoms with Gasteiger partial charge in [-0.25, -0.2) is 9.78 Å². The van der Waals surface area contributed by atoms with Crippen LogP contribution in [-0.2, 0) is 4.74 Å². The molecule has 1 fully saturated rings. The minimum absolute atomic E-state index is 0.00638. The van der Waals surface area contributed by atoms with E-state index in [-0.39, 0.29) is 17.0 Å². The molecule has 1 aliphatic rings. The molecule has 2 rings (SSSR count). The van der Waals surface area contributed by atoms with Gasteiger partial charge in [-0.2, -0.15) is 0 Å². The fraction of sp³-hybridized carbons (Fsp3) is 0.600. The number of likely N-dealkylation sites (tertiary alicyclic amines) is 1. The molecule has 1 amide bonds. The number of nitrogens with zero attached hydrogens (tertiary/aromatic N) is 3. The average Bonchev–Trinajstić information content (AvgIpc) is 2.46. The van der Waals surface area contributed by atoms with Crippen LogP contribution >= 0.6 is 11.8 Å². The van der Waals surface area contributed by atoms with Crippen LogP contribution in [-0.4, -0.2) is 44.8 Å². The Morgan fingerprint density at radius 1 is 1.52 bits per heavy atom. The van der Waals surface area contributed by atoms with Gasteiger partial charge in [0.15, 0.2) is 5.03 Å². The third kappa shape index (κ3) is 5.09. The van der Waals surface area contributed by atoms with Gasteiger partial charge < -0.3 is 9.64 Å². The van der Waals surface area contributed by atoms with E-state index < -0.39 is 10.5 Å². The fourth-order valence-electron chi connectivity index (χ4n) is 2.30. The zero-order chi connectivity index (χ0) is 17.0. The lowest BCUT2D eigenvalue weighted by Gasteiger charge is -2.33. The first-order chi connectivity index (χ1) is 10.8. The lowest BCUT2D eigenvalue weighted by molar-refractivity contribution is -0.388. The zero-order valence-electron chi connectivity index (χ0n) is 13.5. The van der Waals surface area contributed by atoms with Gasteiger partial charge in [0, 0.05) is 30.6 Å². The van der Waals surface area contributed by atoms with E-state index in [2.05, 4.69) is 4.98 Å². The molecule has 0 saturated carbocycles. The van der Waals surface area contributed by atoms with Crippen molar-refractivity contribution in [3.8, 4) is 0 Å². The van der Waals surface area contributed by atoms with Crippen LogP contribution in [0.2, 0.25) is 0 Å². The van der Waals surface area contributed by atoms with Crippen LogP contribution < -0.4 is 0 Å². The van der Waals surface area contributed by atoms with Gasteiger partial charge in [0.2, 0.25) is 0 Å². The van der Waals surface area contributed by atoms with E-state index in [0.717, 1.165) is 12.8 Å². The number of carbonyl (C=O) groups is 1. The average molecular weight is 339 g/mol. The SMILES string of the molecule is CC(C)(C)OC(=O)N1CCC[C@H](Sc2ncccc2[N+](=O)[O-])C1. The predicted molar refractivity (Wildman–Crippen MR) is 87.6 cm³/mol. The Morgan fingerprint density at radius 3 is 2.91 bits per heavy atom. The molecule has 1 aliphatic heterocycles. The third-order valence-corrected chi connectivity index (χ3v) is 4.51. The number of pyridine rings is 1. The molecule has 126 valence electrons. The van der Waals surface area contributed by atoms with Crippen LogP contribution in [0.5, 0.6) is 0 Å². The standard InChI is InChI=1S/C15H21N3O4S/c1-15(2,3)22-14(19)17-9-5-6-11(10-17)23-13-12(18(20)21)7-4-8-16-13/h4,7-8,11H,5-6,9-10H2,1-3H3/t11-/m0/s1. The molecular formula is C15H21N3O4S. The van der Waals surface area contributed by atoms with Crippen molar-refractivity contribution in [2.24, 2.45) is 0 Å². The summed E-state index contributed by atoms with van der Waals surface area (Å²) in [6.07, 6.45) is 2.94. The number of hydrogen-bond donors (Lipinski definition) is 0. The van der Waals surface area contributed by atoms with E-state index in [9.17, 15) is 14.9 Å². The first-order valence-corrected chi connectivity index (χ1v) is 8.38. The number of ether oxygens (including phenoxy) is 1. The van der Waals surface area contributed by atoms with Gasteiger partial charge in [-0.15, -0.1) is 0 Å². The Labute approximate surface area is 139 Å². The summed E-state index contributed by atoms with van der Waals surface area (Å²) in [5, 5.41) is 11.5. The number of piperidine rings is 1. The number of nitro groups is 1. The molecule has 7 nitrogen and oxygen atoms in total. The van der Waals surface area contributed by atoms with Crippen LogP contribution in [0.15, 0.2) is 23.4 Å². The first kappa shape index (κ1) is 17.5. The highest BCUT2D eigenvalue weighted by Gasteiger charge is 2.29. The number of carbonyl (C=O) groups excluding carboxylic acids is 1. The van der Waals surface area contributed by atoms with Crippen molar-refractivity contribution in [1.29, 1.82) is 0 Å². The summed E-state index contributed by atoms with van der Waals surface area (Å²) >= 11 is 1.36. The Morgan fingerprint density at radius 2 is 2.26 bits per heavy atom. The number of hydrogen-bond acceptors (Lipinski definition) is 6. The van der Waals surface area contributed by atoms with Crippen LogP contribution in [0.3, 0.4) is 0 Å². The fourth-order valence-corrected chi connectivity index (χ4v) is 3.54. The van der Waals surface area contributed by atoms with Crippen molar-refractivity contribution >= 4 is 23.5 Å². The summed E-state index contributed by atoms with van der Waals surface area (Å²) in [6, 6.07) is 3.00. The molecule has 1 saturated heterocycles. The molecule has 0 N–H and O–H groups in total. The van der Waals surface area contributed by atoms with Gasteiger partial charge in [0.1, 0.15) is 5.60 Å². The molecule has 1 aromatic heterocycles. The van der Waals surface area contributed by atoms with Gasteiger partial charge in [-0.3, -0.25) is 10.1 Å². The van der Waals surface area contributed by atoms with Gasteiger partial charge >= 0.3 is 11.8 Å². The van der Waals surface area contributed by atoms with E-state index >= 15 is 0 Å². The van der Waals surface area contributed by atoms with Crippen molar-refractivity contribution in [2.45, 2.75) is 49.5 Å². The van der Waals surface area contributed by atoms with Crippen molar-refractivity contribution in [3.05, 3.63) is 28.4 Å². The van der Waals surface area contributed by atoms with Gasteiger partial charge in [0.25, 0.3) is 0 Å². The van der Waals surface area contributed by atoms with Gasteiger partial charge in [0.05, 0.1) is 4.92 Å². The molecule has 0 aliphatic carbocycles. The van der Waals surface area contributed by atoms with E-state index in [4.69, 9.17) is 4.74 Å². The second-order valence-electron chi connectivity index (χ2n) is 6.39. The number of thioether (sulfide) groups is 1. The zero-order valence-corrected chi connectivity index (χ0v) is 14.3. The quantitative estimate of drug-likeness (QED) is 0.619. The van der Waals surface area contributed by atoms with E-state index in [0.29, 0.717) is 18.1 Å². The summed E-state index contributed by atoms with van der Waals surface area (Å²) < 4.78 is 5.39. The number of rotatable bonds is 3. The van der Waals surface area contributed by atoms with E-state index in [1.807, 2.05) is 20.8 Å². The highest BCUT2D eigenvalue weighted by atomic mass is 32.2. The maximum Gasteiger partial charge on any atom is 0.410 e. The first-order valence-electron chi connectivity index (χ1n) is 7.50. The molecule has 23 heavy (non-hydrogen) atoms. The van der Waals surface area contributed by atoms with Crippen LogP contribution in [0.4, 0.5) is 10.5 Å². The van der Waals surface area contributed by atoms with Crippen LogP contribution in [0, 0.1) is 10.1 Å². The van der Waals surface area contributed by atoms with E-state index in [1.165, 1.54) is 17.8 Å². The topological polar surface area (TPSA) is 85.6 Å². The van der Waals surface area contributed by atoms with Crippen molar-refractivity contribution in [2.75, 3.05) is 13.1 Å². The molecule has 8 heteroatoms. The molecule has 0 spiro atoms. The van der Waals surface area contributed by atoms with Crippen molar-refractivity contribution in [1.82, 2.24) is 9.88 Å². The predicted octanol–water partition coefficient (Wildman–Crippen LogP) is 3.48. The highest BCUT2D eigenvalue weighted by molar-refractivity contribution is 8.00. The summed E-state index contributed by atoms with van der Waals surface area (Å²) in [4.78, 5) is 28.6. The second-order valence-corrected chi connectivity index (χ2v) is 7.68. The maximum absolute atomic E-state index is 12.2. The molecular weight excluding hydrogens is 318 g/mol. The van der Waals surface area contributed by atoms with Crippen molar-refractivity contribution in [3.63, 3.8) is 0 Å². The molecule has 2 heterocycles. The molecule has 1 aromatic rings. The largest absolute Gasteiger partial charge is 0.444 e. The Hall–Kier alpha value is -1.83. The summed E-state index contributed by atoms with van der Waals surface area (Å²) in [5.41, 5.74) is -0.524. The third-order valence-electron chi connectivity index (χ3n) is 3.26. The van der Waals surface area contributed by atoms with Gasteiger partial charge in [-0.1, -0.05) is 11.8 Å². The second kappa shape index (κ2) is 7.16. The van der Waals surface area contributed by atoms with Gasteiger partial charge in [-0.05, 0) is 39.7 Å². The monoisotopic (exact) mass is 339 g/mol. The Balaban J connectivity index is 2.02. The molecule has 0 radical (unpaired) electrons. The lowest BCUT2D eigenvalue weighted by atomic mass is 10.1. The minimum Gasteiger partial charge on any atom is -0.444 e. The number of amides is 1. The smallest absolute Gasteiger partial charge is 0.410 e. The maximum atomic E-state index is 12.2. The molecule has 0 aromatic carbocycles. The lowest BCUT2D eigenvalue weighted by Crippen LogP contribution is -2.43. The van der Waals surface area contributed by atoms with E-state index in [1.54, 1.807) is 17.2 Å².